The molecule has 0 bridgehead atoms. The largest absolute Gasteiger partial charge is 0.496 e. The lowest BCUT2D eigenvalue weighted by atomic mass is 9.89. The third-order valence-electron chi connectivity index (χ3n) is 5.30. The number of methoxy groups -OCH3 is 1. The first kappa shape index (κ1) is 19.2. The van der Waals surface area contributed by atoms with Crippen LogP contribution in [0.15, 0.2) is 65.6 Å². The monoisotopic (exact) mass is 409 g/mol. The molecule has 2 nitrogen and oxygen atoms in total. The van der Waals surface area contributed by atoms with Gasteiger partial charge in [-0.25, -0.2) is 0 Å². The van der Waals surface area contributed by atoms with Gasteiger partial charge in [0, 0.05) is 17.0 Å². The Kier molecular flexibility index (Phi) is 5.84. The number of anilines is 1. The van der Waals surface area contributed by atoms with E-state index in [1.807, 2.05) is 12.1 Å². The zero-order valence-corrected chi connectivity index (χ0v) is 17.8. The first-order valence-electron chi connectivity index (χ1n) is 9.63. The van der Waals surface area contributed by atoms with Gasteiger partial charge in [-0.05, 0) is 90.2 Å². The van der Waals surface area contributed by atoms with Crippen LogP contribution < -0.4 is 9.04 Å². The second-order valence-electron chi connectivity index (χ2n) is 7.04. The van der Waals surface area contributed by atoms with Gasteiger partial charge < -0.3 is 9.04 Å². The van der Waals surface area contributed by atoms with Crippen LogP contribution in [0.3, 0.4) is 0 Å². The molecule has 28 heavy (non-hydrogen) atoms. The van der Waals surface area contributed by atoms with E-state index >= 15 is 0 Å². The number of fused-ring (bicyclic) bond motifs is 1. The van der Waals surface area contributed by atoms with Gasteiger partial charge in [0.05, 0.1) is 12.8 Å². The number of hydrogen-bond acceptors (Lipinski definition) is 3. The standard InChI is InChI=1S/C24H24ClNOS/c1-26(22-15-16-23(27-2)21-9-4-3-8-20(21)22)28-24-10-6-5-7-19(24)17-11-13-18(25)14-12-17/h5-7,10-16H,3-4,8-9H2,1-2H3. The lowest BCUT2D eigenvalue weighted by Crippen LogP contribution is -2.14. The maximum Gasteiger partial charge on any atom is 0.122 e. The van der Waals surface area contributed by atoms with E-state index in [-0.39, 0.29) is 0 Å². The van der Waals surface area contributed by atoms with Gasteiger partial charge in [-0.3, -0.25) is 0 Å². The lowest BCUT2D eigenvalue weighted by molar-refractivity contribution is 0.406. The minimum atomic E-state index is 0.760. The summed E-state index contributed by atoms with van der Waals surface area (Å²) in [6.07, 6.45) is 4.70. The average Bonchev–Trinajstić information content (AvgIpc) is 2.74. The lowest BCUT2D eigenvalue weighted by Gasteiger charge is -2.27. The highest BCUT2D eigenvalue weighted by Gasteiger charge is 2.20. The Labute approximate surface area is 176 Å². The zero-order chi connectivity index (χ0) is 19.5. The topological polar surface area (TPSA) is 12.5 Å². The van der Waals surface area contributed by atoms with E-state index in [0.29, 0.717) is 0 Å². The number of rotatable bonds is 5. The van der Waals surface area contributed by atoms with Crippen LogP contribution in [0.2, 0.25) is 5.02 Å². The van der Waals surface area contributed by atoms with Crippen LogP contribution in [-0.4, -0.2) is 14.2 Å². The summed E-state index contributed by atoms with van der Waals surface area (Å²) in [6, 6.07) is 20.9. The van der Waals surface area contributed by atoms with Crippen LogP contribution in [-0.2, 0) is 12.8 Å². The summed E-state index contributed by atoms with van der Waals surface area (Å²) in [4.78, 5) is 1.23. The average molecular weight is 410 g/mol. The van der Waals surface area contributed by atoms with E-state index in [1.165, 1.54) is 45.7 Å². The van der Waals surface area contributed by atoms with Gasteiger partial charge in [0.15, 0.2) is 0 Å². The molecule has 0 fully saturated rings. The second kappa shape index (κ2) is 8.50. The summed E-state index contributed by atoms with van der Waals surface area (Å²) in [7, 11) is 3.92. The van der Waals surface area contributed by atoms with E-state index < -0.39 is 0 Å². The Bertz CT molecular complexity index is 971. The second-order valence-corrected chi connectivity index (χ2v) is 8.65. The molecule has 0 radical (unpaired) electrons. The van der Waals surface area contributed by atoms with E-state index in [2.05, 4.69) is 59.9 Å². The van der Waals surface area contributed by atoms with Crippen molar-refractivity contribution in [3.8, 4) is 16.9 Å². The quantitative estimate of drug-likeness (QED) is 0.419. The van der Waals surface area contributed by atoms with Crippen LogP contribution in [0.4, 0.5) is 5.69 Å². The molecule has 0 aromatic heterocycles. The van der Waals surface area contributed by atoms with E-state index in [9.17, 15) is 0 Å². The van der Waals surface area contributed by atoms with Gasteiger partial charge in [0.2, 0.25) is 0 Å². The minimum absolute atomic E-state index is 0.760. The van der Waals surface area contributed by atoms with E-state index in [4.69, 9.17) is 16.3 Å². The van der Waals surface area contributed by atoms with Crippen molar-refractivity contribution in [1.82, 2.24) is 0 Å². The fraction of sp³-hybridized carbons (Fsp3) is 0.250. The van der Waals surface area contributed by atoms with Crippen molar-refractivity contribution in [3.63, 3.8) is 0 Å². The van der Waals surface area contributed by atoms with Crippen LogP contribution in [0.25, 0.3) is 11.1 Å². The van der Waals surface area contributed by atoms with Crippen molar-refractivity contribution < 1.29 is 4.74 Å². The first-order valence-corrected chi connectivity index (χ1v) is 10.8. The van der Waals surface area contributed by atoms with Gasteiger partial charge in [-0.15, -0.1) is 0 Å². The number of halogens is 1. The molecule has 144 valence electrons. The highest BCUT2D eigenvalue weighted by atomic mass is 35.5. The molecular formula is C24H24ClNOS. The Morgan fingerprint density at radius 2 is 1.61 bits per heavy atom. The van der Waals surface area contributed by atoms with Gasteiger partial charge in [-0.1, -0.05) is 41.9 Å². The highest BCUT2D eigenvalue weighted by Crippen LogP contribution is 2.41. The van der Waals surface area contributed by atoms with Gasteiger partial charge >= 0.3 is 0 Å². The fourth-order valence-electron chi connectivity index (χ4n) is 3.91. The van der Waals surface area contributed by atoms with E-state index in [1.54, 1.807) is 19.1 Å². The molecule has 0 aliphatic heterocycles. The highest BCUT2D eigenvalue weighted by molar-refractivity contribution is 8.00. The van der Waals surface area contributed by atoms with Crippen LogP contribution >= 0.6 is 23.5 Å². The third-order valence-corrected chi connectivity index (χ3v) is 6.58. The minimum Gasteiger partial charge on any atom is -0.496 e. The fourth-order valence-corrected chi connectivity index (χ4v) is 5.03. The Balaban J connectivity index is 1.67. The van der Waals surface area contributed by atoms with Crippen molar-refractivity contribution in [2.75, 3.05) is 18.5 Å². The number of hydrogen-bond donors (Lipinski definition) is 0. The predicted molar refractivity (Wildman–Crippen MR) is 121 cm³/mol. The summed E-state index contributed by atoms with van der Waals surface area (Å²) in [5.74, 6) is 1.03. The normalized spacial score (nSPS) is 13.1. The van der Waals surface area contributed by atoms with Gasteiger partial charge in [0.1, 0.15) is 5.75 Å². The SMILES string of the molecule is COc1ccc(N(C)Sc2ccccc2-c2ccc(Cl)cc2)c2c1CCCC2. The first-order chi connectivity index (χ1) is 13.7. The molecule has 0 amide bonds. The van der Waals surface area contributed by atoms with Crippen molar-refractivity contribution >= 4 is 29.2 Å². The Morgan fingerprint density at radius 3 is 2.36 bits per heavy atom. The van der Waals surface area contributed by atoms with Crippen LogP contribution in [0.5, 0.6) is 5.75 Å². The summed E-state index contributed by atoms with van der Waals surface area (Å²) in [5.41, 5.74) is 6.50. The molecule has 4 heteroatoms. The number of nitrogens with zero attached hydrogens (tertiary/aromatic N) is 1. The molecule has 0 atom stereocenters. The summed E-state index contributed by atoms with van der Waals surface area (Å²) < 4.78 is 7.91. The molecular weight excluding hydrogens is 386 g/mol. The summed E-state index contributed by atoms with van der Waals surface area (Å²) in [5, 5.41) is 0.760. The maximum absolute atomic E-state index is 6.07. The van der Waals surface area contributed by atoms with Crippen molar-refractivity contribution in [2.45, 2.75) is 30.6 Å². The molecule has 0 unspecified atom stereocenters. The molecule has 0 N–H and O–H groups in total. The Morgan fingerprint density at radius 1 is 0.893 bits per heavy atom. The smallest absolute Gasteiger partial charge is 0.122 e. The number of ether oxygens (including phenoxy) is 1. The molecule has 0 heterocycles. The van der Waals surface area contributed by atoms with E-state index in [0.717, 1.165) is 23.6 Å². The van der Waals surface area contributed by atoms with Crippen molar-refractivity contribution in [3.05, 3.63) is 76.8 Å². The number of benzene rings is 3. The molecule has 1 aliphatic carbocycles. The van der Waals surface area contributed by atoms with Crippen molar-refractivity contribution in [1.29, 1.82) is 0 Å². The maximum atomic E-state index is 6.07. The van der Waals surface area contributed by atoms with Crippen LogP contribution in [0, 0.1) is 0 Å². The molecule has 0 spiro atoms. The van der Waals surface area contributed by atoms with Crippen LogP contribution in [0.1, 0.15) is 24.0 Å². The molecule has 0 saturated heterocycles. The third kappa shape index (κ3) is 3.87. The van der Waals surface area contributed by atoms with Gasteiger partial charge in [0.25, 0.3) is 0 Å². The summed E-state index contributed by atoms with van der Waals surface area (Å²) in [6.45, 7) is 0. The molecule has 3 aromatic carbocycles. The molecule has 1 aliphatic rings. The molecule has 0 saturated carbocycles. The van der Waals surface area contributed by atoms with Crippen molar-refractivity contribution in [2.24, 2.45) is 0 Å². The Hall–Kier alpha value is -2.10. The zero-order valence-electron chi connectivity index (χ0n) is 16.2. The molecule has 3 aromatic rings. The molecule has 4 rings (SSSR count). The summed E-state index contributed by atoms with van der Waals surface area (Å²) >= 11 is 7.84. The predicted octanol–water partition coefficient (Wildman–Crippen LogP) is 7.04. The van der Waals surface area contributed by atoms with Gasteiger partial charge in [-0.2, -0.15) is 0 Å².